The van der Waals surface area contributed by atoms with E-state index in [0.717, 1.165) is 38.5 Å². The van der Waals surface area contributed by atoms with Gasteiger partial charge >= 0.3 is 5.97 Å². The van der Waals surface area contributed by atoms with E-state index in [4.69, 9.17) is 4.74 Å². The number of rotatable bonds is 11. The van der Waals surface area contributed by atoms with Gasteiger partial charge in [-0.1, -0.05) is 70.3 Å². The Kier molecular flexibility index (Phi) is 8.75. The van der Waals surface area contributed by atoms with E-state index in [-0.39, 0.29) is 5.92 Å². The van der Waals surface area contributed by atoms with Crippen molar-refractivity contribution >= 4 is 5.97 Å². The fourth-order valence-electron chi connectivity index (χ4n) is 3.91. The number of carboxylic acid groups (broad SMARTS) is 1. The van der Waals surface area contributed by atoms with Crippen LogP contribution in [0.4, 0.5) is 0 Å². The van der Waals surface area contributed by atoms with Crippen molar-refractivity contribution in [1.29, 1.82) is 0 Å². The molecule has 2 atom stereocenters. The van der Waals surface area contributed by atoms with Crippen molar-refractivity contribution in [3.8, 4) is 0 Å². The average Bonchev–Trinajstić information content (AvgIpc) is 2.56. The molecule has 0 saturated carbocycles. The van der Waals surface area contributed by atoms with Gasteiger partial charge in [0.25, 0.3) is 0 Å². The molecule has 0 aromatic rings. The molecule has 1 rings (SSSR count). The fraction of sp³-hybridized carbons (Fsp3) is 0.762. The first kappa shape index (κ1) is 21.0. The minimum Gasteiger partial charge on any atom is -0.481 e. The molecule has 2 unspecified atom stereocenters. The quantitative estimate of drug-likeness (QED) is 0.499. The van der Waals surface area contributed by atoms with Gasteiger partial charge in [0.1, 0.15) is 0 Å². The zero-order valence-electron chi connectivity index (χ0n) is 16.2. The number of carbonyl (C=O) groups is 1. The number of carboxylic acids is 1. The molecule has 24 heavy (non-hydrogen) atoms. The van der Waals surface area contributed by atoms with E-state index in [2.05, 4.69) is 39.8 Å². The lowest BCUT2D eigenvalue weighted by Gasteiger charge is -2.40. The predicted octanol–water partition coefficient (Wildman–Crippen LogP) is 5.61. The maximum absolute atomic E-state index is 12.4. The number of ether oxygens (including phenoxy) is 1. The van der Waals surface area contributed by atoms with Crippen LogP contribution in [0, 0.1) is 17.3 Å². The third-order valence-corrected chi connectivity index (χ3v) is 5.33. The van der Waals surface area contributed by atoms with Gasteiger partial charge in [-0.05, 0) is 31.6 Å². The van der Waals surface area contributed by atoms with Gasteiger partial charge in [0.15, 0.2) is 0 Å². The van der Waals surface area contributed by atoms with Crippen LogP contribution >= 0.6 is 0 Å². The zero-order valence-corrected chi connectivity index (χ0v) is 16.2. The molecule has 0 fully saturated rings. The maximum atomic E-state index is 12.4. The van der Waals surface area contributed by atoms with Crippen LogP contribution in [-0.4, -0.2) is 24.8 Å². The highest BCUT2D eigenvalue weighted by Gasteiger charge is 2.46. The first-order valence-corrected chi connectivity index (χ1v) is 9.55. The molecule has 0 aromatic carbocycles. The van der Waals surface area contributed by atoms with Gasteiger partial charge in [0.05, 0.1) is 5.41 Å². The van der Waals surface area contributed by atoms with Crippen LogP contribution in [-0.2, 0) is 9.53 Å². The van der Waals surface area contributed by atoms with Crippen molar-refractivity contribution in [1.82, 2.24) is 0 Å². The molecule has 0 heterocycles. The van der Waals surface area contributed by atoms with Gasteiger partial charge in [-0.15, -0.1) is 0 Å². The first-order chi connectivity index (χ1) is 11.4. The minimum atomic E-state index is -0.763. The Hall–Kier alpha value is -1.09. The Morgan fingerprint density at radius 3 is 2.50 bits per heavy atom. The molecule has 1 N–H and O–H groups in total. The Bertz CT molecular complexity index is 462. The Balaban J connectivity index is 3.09. The summed E-state index contributed by atoms with van der Waals surface area (Å²) in [4.78, 5) is 12.4. The summed E-state index contributed by atoms with van der Waals surface area (Å²) < 4.78 is 5.28. The van der Waals surface area contributed by atoms with Crippen molar-refractivity contribution < 1.29 is 14.6 Å². The smallest absolute Gasteiger partial charge is 0.314 e. The maximum Gasteiger partial charge on any atom is 0.314 e. The number of hydrogen-bond acceptors (Lipinski definition) is 2. The second kappa shape index (κ2) is 10.0. The molecule has 0 saturated heterocycles. The lowest BCUT2D eigenvalue weighted by molar-refractivity contribution is -0.149. The highest BCUT2D eigenvalue weighted by atomic mass is 16.5. The Morgan fingerprint density at radius 2 is 2.00 bits per heavy atom. The Labute approximate surface area is 148 Å². The molecule has 0 radical (unpaired) electrons. The predicted molar refractivity (Wildman–Crippen MR) is 100 cm³/mol. The molecular formula is C21H36O3. The van der Waals surface area contributed by atoms with E-state index < -0.39 is 11.4 Å². The standard InChI is InChI=1S/C21H36O3/c1-6-17-14-18(7-2)19(11-13-24-5)21(15-17,20(22)23)12-9-8-10-16(3)4/h14-16,19H,6-13H2,1-5H3,(H,22,23). The van der Waals surface area contributed by atoms with Gasteiger partial charge < -0.3 is 9.84 Å². The summed E-state index contributed by atoms with van der Waals surface area (Å²) in [5, 5.41) is 10.2. The van der Waals surface area contributed by atoms with Gasteiger partial charge in [-0.25, -0.2) is 0 Å². The van der Waals surface area contributed by atoms with E-state index >= 15 is 0 Å². The monoisotopic (exact) mass is 336 g/mol. The number of hydrogen-bond donors (Lipinski definition) is 1. The zero-order chi connectivity index (χ0) is 18.2. The van der Waals surface area contributed by atoms with Crippen LogP contribution < -0.4 is 0 Å². The summed E-state index contributed by atoms with van der Waals surface area (Å²) >= 11 is 0. The molecule has 0 aromatic heterocycles. The summed E-state index contributed by atoms with van der Waals surface area (Å²) in [5.41, 5.74) is 1.69. The van der Waals surface area contributed by atoms with E-state index in [1.807, 2.05) is 0 Å². The van der Waals surface area contributed by atoms with Gasteiger partial charge in [-0.2, -0.15) is 0 Å². The fourth-order valence-corrected chi connectivity index (χ4v) is 3.91. The van der Waals surface area contributed by atoms with Crippen molar-refractivity contribution in [3.63, 3.8) is 0 Å². The molecule has 3 nitrogen and oxygen atoms in total. The lowest BCUT2D eigenvalue weighted by atomic mass is 9.63. The molecule has 138 valence electrons. The van der Waals surface area contributed by atoms with E-state index in [0.29, 0.717) is 12.5 Å². The largest absolute Gasteiger partial charge is 0.481 e. The Morgan fingerprint density at radius 1 is 1.29 bits per heavy atom. The molecule has 1 aliphatic rings. The molecule has 0 bridgehead atoms. The van der Waals surface area contributed by atoms with Crippen molar-refractivity contribution in [3.05, 3.63) is 23.3 Å². The number of aliphatic carboxylic acids is 1. The molecule has 0 spiro atoms. The van der Waals surface area contributed by atoms with E-state index in [1.165, 1.54) is 17.6 Å². The van der Waals surface area contributed by atoms with Crippen molar-refractivity contribution in [2.75, 3.05) is 13.7 Å². The molecule has 0 amide bonds. The third kappa shape index (κ3) is 5.20. The van der Waals surface area contributed by atoms with Gasteiger partial charge in [0.2, 0.25) is 0 Å². The SMILES string of the molecule is CCC1=CC(CCCCC(C)C)(C(=O)O)C(CCOC)C(CC)=C1. The van der Waals surface area contributed by atoms with Crippen LogP contribution in [0.5, 0.6) is 0 Å². The highest BCUT2D eigenvalue weighted by molar-refractivity contribution is 5.79. The number of allylic oxidation sites excluding steroid dienone is 3. The summed E-state index contributed by atoms with van der Waals surface area (Å²) in [5.74, 6) is 0.0571. The van der Waals surface area contributed by atoms with Crippen LogP contribution in [0.15, 0.2) is 23.3 Å². The summed E-state index contributed by atoms with van der Waals surface area (Å²) in [6.45, 7) is 9.30. The van der Waals surface area contributed by atoms with Crippen LogP contribution in [0.25, 0.3) is 0 Å². The van der Waals surface area contributed by atoms with Crippen LogP contribution in [0.1, 0.15) is 72.6 Å². The second-order valence-electron chi connectivity index (χ2n) is 7.46. The molecule has 1 aliphatic carbocycles. The van der Waals surface area contributed by atoms with E-state index in [1.54, 1.807) is 7.11 Å². The topological polar surface area (TPSA) is 46.5 Å². The summed E-state index contributed by atoms with van der Waals surface area (Å²) in [6.07, 6.45) is 10.8. The lowest BCUT2D eigenvalue weighted by Crippen LogP contribution is -2.40. The van der Waals surface area contributed by atoms with Crippen LogP contribution in [0.2, 0.25) is 0 Å². The summed E-state index contributed by atoms with van der Waals surface area (Å²) in [6, 6.07) is 0. The summed E-state index contributed by atoms with van der Waals surface area (Å²) in [7, 11) is 1.69. The molecule has 3 heteroatoms. The van der Waals surface area contributed by atoms with Crippen LogP contribution in [0.3, 0.4) is 0 Å². The number of methoxy groups -OCH3 is 1. The van der Waals surface area contributed by atoms with E-state index in [9.17, 15) is 9.90 Å². The normalized spacial score (nSPS) is 24.0. The average molecular weight is 337 g/mol. The molecule has 0 aliphatic heterocycles. The van der Waals surface area contributed by atoms with Crippen molar-refractivity contribution in [2.24, 2.45) is 17.3 Å². The van der Waals surface area contributed by atoms with Gasteiger partial charge in [-0.3, -0.25) is 4.79 Å². The molecular weight excluding hydrogens is 300 g/mol. The number of unbranched alkanes of at least 4 members (excludes halogenated alkanes) is 1. The third-order valence-electron chi connectivity index (χ3n) is 5.33. The highest BCUT2D eigenvalue weighted by Crippen LogP contribution is 2.47. The minimum absolute atomic E-state index is 0.0503. The van der Waals surface area contributed by atoms with Gasteiger partial charge in [0, 0.05) is 19.6 Å². The first-order valence-electron chi connectivity index (χ1n) is 9.55. The second-order valence-corrected chi connectivity index (χ2v) is 7.46. The van der Waals surface area contributed by atoms with Crippen molar-refractivity contribution in [2.45, 2.75) is 72.6 Å².